The van der Waals surface area contributed by atoms with Crippen molar-refractivity contribution in [1.82, 2.24) is 14.6 Å². The number of fused-ring (bicyclic) bond motifs is 1. The summed E-state index contributed by atoms with van der Waals surface area (Å²) in [5, 5.41) is 7.46. The highest BCUT2D eigenvalue weighted by atomic mass is 15.2. The molecule has 0 saturated heterocycles. The first-order valence-corrected chi connectivity index (χ1v) is 5.87. The quantitative estimate of drug-likeness (QED) is 0.746. The van der Waals surface area contributed by atoms with Crippen molar-refractivity contribution in [3.63, 3.8) is 0 Å². The lowest BCUT2D eigenvalue weighted by Crippen LogP contribution is -1.92. The van der Waals surface area contributed by atoms with Crippen molar-refractivity contribution >= 4 is 11.2 Å². The fourth-order valence-corrected chi connectivity index (χ4v) is 2.13. The lowest BCUT2D eigenvalue weighted by molar-refractivity contribution is 0.962. The molecule has 0 fully saturated rings. The van der Waals surface area contributed by atoms with Gasteiger partial charge >= 0.3 is 0 Å². The molecule has 0 aromatic carbocycles. The van der Waals surface area contributed by atoms with E-state index in [0.717, 1.165) is 28.0 Å². The van der Waals surface area contributed by atoms with Crippen molar-refractivity contribution in [1.29, 1.82) is 0 Å². The van der Waals surface area contributed by atoms with Crippen LogP contribution in [0.25, 0.3) is 16.6 Å². The maximum absolute atomic E-state index is 4.34. The number of hydrogen-bond acceptors (Lipinski definition) is 3. The number of rotatable bonds is 2. The molecule has 3 heterocycles. The van der Waals surface area contributed by atoms with Crippen LogP contribution in [0.1, 0.15) is 5.69 Å². The highest BCUT2D eigenvalue weighted by Gasteiger charge is 2.06. The fourth-order valence-electron chi connectivity index (χ4n) is 2.13. The van der Waals surface area contributed by atoms with Crippen molar-refractivity contribution in [3.8, 4) is 11.1 Å². The summed E-state index contributed by atoms with van der Waals surface area (Å²) in [7, 11) is 1.90. The Balaban J connectivity index is 2.17. The Labute approximate surface area is 105 Å². The van der Waals surface area contributed by atoms with Gasteiger partial charge in [-0.25, -0.2) is 4.52 Å². The Morgan fingerprint density at radius 2 is 2.11 bits per heavy atom. The van der Waals surface area contributed by atoms with Crippen LogP contribution in [-0.2, 0) is 0 Å². The fraction of sp³-hybridized carbons (Fsp3) is 0.143. The molecule has 0 spiro atoms. The van der Waals surface area contributed by atoms with Gasteiger partial charge in [0, 0.05) is 36.3 Å². The molecule has 18 heavy (non-hydrogen) atoms. The van der Waals surface area contributed by atoms with Crippen LogP contribution in [0.3, 0.4) is 0 Å². The molecule has 3 aromatic rings. The number of anilines is 1. The molecule has 0 bridgehead atoms. The third kappa shape index (κ3) is 1.62. The highest BCUT2D eigenvalue weighted by molar-refractivity contribution is 5.74. The molecule has 90 valence electrons. The van der Waals surface area contributed by atoms with Gasteiger partial charge in [0.2, 0.25) is 0 Å². The van der Waals surface area contributed by atoms with E-state index in [0.29, 0.717) is 0 Å². The molecule has 3 rings (SSSR count). The zero-order valence-corrected chi connectivity index (χ0v) is 10.4. The Kier molecular flexibility index (Phi) is 2.48. The van der Waals surface area contributed by atoms with Crippen molar-refractivity contribution in [2.75, 3.05) is 12.4 Å². The minimum Gasteiger partial charge on any atom is -0.385 e. The second-order valence-electron chi connectivity index (χ2n) is 4.19. The maximum atomic E-state index is 4.34. The van der Waals surface area contributed by atoms with Crippen LogP contribution < -0.4 is 5.32 Å². The molecule has 4 heteroatoms. The number of nitrogens with one attached hydrogen (secondary N) is 1. The Hall–Kier alpha value is -2.36. The van der Waals surface area contributed by atoms with Crippen LogP contribution in [0.4, 0.5) is 5.69 Å². The molecular weight excluding hydrogens is 224 g/mol. The molecule has 0 unspecified atom stereocenters. The zero-order chi connectivity index (χ0) is 12.5. The lowest BCUT2D eigenvalue weighted by atomic mass is 10.1. The first-order valence-electron chi connectivity index (χ1n) is 5.87. The molecular formula is C14H14N4. The summed E-state index contributed by atoms with van der Waals surface area (Å²) in [5.74, 6) is 0. The van der Waals surface area contributed by atoms with E-state index in [1.165, 1.54) is 0 Å². The van der Waals surface area contributed by atoms with Gasteiger partial charge < -0.3 is 5.32 Å². The lowest BCUT2D eigenvalue weighted by Gasteiger charge is -2.05. The van der Waals surface area contributed by atoms with E-state index in [4.69, 9.17) is 0 Å². The monoisotopic (exact) mass is 238 g/mol. The average molecular weight is 238 g/mol. The molecule has 1 N–H and O–H groups in total. The normalized spacial score (nSPS) is 10.8. The van der Waals surface area contributed by atoms with Gasteiger partial charge in [-0.2, -0.15) is 5.10 Å². The van der Waals surface area contributed by atoms with Crippen molar-refractivity contribution in [2.24, 2.45) is 0 Å². The van der Waals surface area contributed by atoms with Gasteiger partial charge in [-0.3, -0.25) is 4.98 Å². The number of aryl methyl sites for hydroxylation is 1. The maximum Gasteiger partial charge on any atom is 0.0893 e. The standard InChI is InChI=1S/C14H14N4/c1-10-12(4-3-7-16-10)11-5-6-14-13(15-2)8-17-18(14)9-11/h3-9,15H,1-2H3. The zero-order valence-electron chi connectivity index (χ0n) is 10.4. The van der Waals surface area contributed by atoms with Crippen molar-refractivity contribution in [3.05, 3.63) is 48.5 Å². The molecule has 0 radical (unpaired) electrons. The van der Waals surface area contributed by atoms with E-state index < -0.39 is 0 Å². The smallest absolute Gasteiger partial charge is 0.0893 e. The first kappa shape index (κ1) is 10.8. The van der Waals surface area contributed by atoms with E-state index >= 15 is 0 Å². The van der Waals surface area contributed by atoms with Crippen LogP contribution in [0.5, 0.6) is 0 Å². The summed E-state index contributed by atoms with van der Waals surface area (Å²) in [5.41, 5.74) is 5.39. The van der Waals surface area contributed by atoms with Crippen molar-refractivity contribution in [2.45, 2.75) is 6.92 Å². The minimum atomic E-state index is 1.03. The predicted octanol–water partition coefficient (Wildman–Crippen LogP) is 2.75. The van der Waals surface area contributed by atoms with E-state index in [-0.39, 0.29) is 0 Å². The molecule has 3 aromatic heterocycles. The topological polar surface area (TPSA) is 42.2 Å². The van der Waals surface area contributed by atoms with Gasteiger partial charge in [-0.15, -0.1) is 0 Å². The molecule has 0 atom stereocenters. The Morgan fingerprint density at radius 3 is 2.89 bits per heavy atom. The van der Waals surface area contributed by atoms with Gasteiger partial charge in [0.15, 0.2) is 0 Å². The molecule has 4 nitrogen and oxygen atoms in total. The van der Waals surface area contributed by atoms with E-state index in [2.05, 4.69) is 33.6 Å². The second kappa shape index (κ2) is 4.14. The summed E-state index contributed by atoms with van der Waals surface area (Å²) in [4.78, 5) is 4.31. The molecule has 0 amide bonds. The predicted molar refractivity (Wildman–Crippen MR) is 72.7 cm³/mol. The van der Waals surface area contributed by atoms with Gasteiger partial charge in [0.1, 0.15) is 0 Å². The van der Waals surface area contributed by atoms with Crippen LogP contribution in [0.15, 0.2) is 42.9 Å². The Bertz CT molecular complexity index is 700. The summed E-state index contributed by atoms with van der Waals surface area (Å²) >= 11 is 0. The molecule has 0 aliphatic carbocycles. The van der Waals surface area contributed by atoms with E-state index in [1.807, 2.05) is 43.1 Å². The van der Waals surface area contributed by atoms with Crippen LogP contribution in [-0.4, -0.2) is 21.6 Å². The third-order valence-electron chi connectivity index (χ3n) is 3.10. The summed E-state index contributed by atoms with van der Waals surface area (Å²) in [6.45, 7) is 2.02. The van der Waals surface area contributed by atoms with E-state index in [9.17, 15) is 0 Å². The molecule has 0 aliphatic heterocycles. The highest BCUT2D eigenvalue weighted by Crippen LogP contribution is 2.24. The number of pyridine rings is 2. The van der Waals surface area contributed by atoms with Gasteiger partial charge in [0.25, 0.3) is 0 Å². The average Bonchev–Trinajstić information content (AvgIpc) is 2.81. The minimum absolute atomic E-state index is 1.03. The van der Waals surface area contributed by atoms with E-state index in [1.54, 1.807) is 0 Å². The summed E-state index contributed by atoms with van der Waals surface area (Å²) in [6.07, 6.45) is 5.67. The van der Waals surface area contributed by atoms with Gasteiger partial charge in [-0.1, -0.05) is 12.1 Å². The van der Waals surface area contributed by atoms with Gasteiger partial charge in [-0.05, 0) is 19.1 Å². The number of hydrogen-bond donors (Lipinski definition) is 1. The summed E-state index contributed by atoms with van der Waals surface area (Å²) in [6, 6.07) is 8.20. The Morgan fingerprint density at radius 1 is 1.22 bits per heavy atom. The third-order valence-corrected chi connectivity index (χ3v) is 3.10. The van der Waals surface area contributed by atoms with Crippen LogP contribution in [0, 0.1) is 6.92 Å². The largest absolute Gasteiger partial charge is 0.385 e. The van der Waals surface area contributed by atoms with Crippen molar-refractivity contribution < 1.29 is 0 Å². The molecule has 0 saturated carbocycles. The summed E-state index contributed by atoms with van der Waals surface area (Å²) < 4.78 is 1.88. The molecule has 0 aliphatic rings. The van der Waals surface area contributed by atoms with Crippen LogP contribution in [0.2, 0.25) is 0 Å². The van der Waals surface area contributed by atoms with Gasteiger partial charge in [0.05, 0.1) is 17.4 Å². The SMILES string of the molecule is CNc1cnn2cc(-c3cccnc3C)ccc12. The number of aromatic nitrogens is 3. The second-order valence-corrected chi connectivity index (χ2v) is 4.19. The number of nitrogens with zero attached hydrogens (tertiary/aromatic N) is 3. The first-order chi connectivity index (χ1) is 8.79. The van der Waals surface area contributed by atoms with Crippen LogP contribution >= 0.6 is 0 Å².